The van der Waals surface area contributed by atoms with Crippen molar-refractivity contribution in [2.45, 2.75) is 13.1 Å². The molecule has 6 nitrogen and oxygen atoms in total. The standard InChI is InChI=1S/C21H19N5OS2/c27-19(11-10-16-6-2-1-3-7-16)26-21(23-15-18-9-5-13-29-18)24-20(25-26)22-14-17-8-4-12-28-17/h1-13H,14-15H2,(H2,22,23,24,25). The van der Waals surface area contributed by atoms with E-state index in [4.69, 9.17) is 0 Å². The summed E-state index contributed by atoms with van der Waals surface area (Å²) in [4.78, 5) is 19.6. The number of carbonyl (C=O) groups is 1. The first-order valence-corrected chi connectivity index (χ1v) is 10.8. The fourth-order valence-corrected chi connectivity index (χ4v) is 3.91. The van der Waals surface area contributed by atoms with Gasteiger partial charge in [0.25, 0.3) is 5.91 Å². The highest BCUT2D eigenvalue weighted by Crippen LogP contribution is 2.16. The van der Waals surface area contributed by atoms with E-state index < -0.39 is 0 Å². The Morgan fingerprint density at radius 2 is 1.62 bits per heavy atom. The lowest BCUT2D eigenvalue weighted by Crippen LogP contribution is -2.14. The summed E-state index contributed by atoms with van der Waals surface area (Å²) in [6, 6.07) is 17.7. The third-order valence-electron chi connectivity index (χ3n) is 4.04. The van der Waals surface area contributed by atoms with Crippen molar-refractivity contribution in [2.24, 2.45) is 0 Å². The lowest BCUT2D eigenvalue weighted by molar-refractivity contribution is 0.0957. The van der Waals surface area contributed by atoms with Crippen LogP contribution in [0.1, 0.15) is 20.1 Å². The molecule has 3 heterocycles. The van der Waals surface area contributed by atoms with E-state index in [1.807, 2.05) is 65.4 Å². The van der Waals surface area contributed by atoms with Gasteiger partial charge in [-0.3, -0.25) is 4.79 Å². The minimum Gasteiger partial charge on any atom is -0.349 e. The zero-order valence-corrected chi connectivity index (χ0v) is 17.1. The van der Waals surface area contributed by atoms with Gasteiger partial charge in [-0.25, -0.2) is 0 Å². The van der Waals surface area contributed by atoms with Crippen LogP contribution in [0.4, 0.5) is 11.9 Å². The molecule has 0 fully saturated rings. The molecule has 0 atom stereocenters. The Morgan fingerprint density at radius 3 is 2.28 bits per heavy atom. The zero-order valence-electron chi connectivity index (χ0n) is 15.5. The van der Waals surface area contributed by atoms with Gasteiger partial charge in [0, 0.05) is 15.8 Å². The van der Waals surface area contributed by atoms with E-state index in [0.717, 1.165) is 10.4 Å². The number of hydrogen-bond acceptors (Lipinski definition) is 7. The topological polar surface area (TPSA) is 71.8 Å². The molecule has 0 aliphatic heterocycles. The number of thiophene rings is 2. The summed E-state index contributed by atoms with van der Waals surface area (Å²) < 4.78 is 1.30. The van der Waals surface area contributed by atoms with E-state index in [9.17, 15) is 4.79 Å². The van der Waals surface area contributed by atoms with Crippen molar-refractivity contribution < 1.29 is 4.79 Å². The van der Waals surface area contributed by atoms with Crippen molar-refractivity contribution in [3.8, 4) is 0 Å². The molecule has 1 aromatic carbocycles. The monoisotopic (exact) mass is 421 g/mol. The Morgan fingerprint density at radius 1 is 0.931 bits per heavy atom. The van der Waals surface area contributed by atoms with Crippen molar-refractivity contribution in [1.29, 1.82) is 0 Å². The molecule has 4 aromatic rings. The summed E-state index contributed by atoms with van der Waals surface area (Å²) in [5, 5.41) is 14.8. The number of nitrogens with zero attached hydrogens (tertiary/aromatic N) is 3. The van der Waals surface area contributed by atoms with E-state index in [2.05, 4.69) is 20.7 Å². The van der Waals surface area contributed by atoms with Crippen molar-refractivity contribution in [2.75, 3.05) is 10.6 Å². The normalized spacial score (nSPS) is 11.0. The lowest BCUT2D eigenvalue weighted by Gasteiger charge is -2.03. The number of rotatable bonds is 8. The van der Waals surface area contributed by atoms with Gasteiger partial charge in [-0.1, -0.05) is 42.5 Å². The van der Waals surface area contributed by atoms with Crippen LogP contribution in [0.15, 0.2) is 71.4 Å². The predicted molar refractivity (Wildman–Crippen MR) is 119 cm³/mol. The maximum absolute atomic E-state index is 12.8. The number of nitrogens with one attached hydrogen (secondary N) is 2. The summed E-state index contributed by atoms with van der Waals surface area (Å²) in [6.45, 7) is 1.19. The third kappa shape index (κ3) is 5.18. The molecule has 2 N–H and O–H groups in total. The average Bonchev–Trinajstić information content (AvgIpc) is 3.51. The van der Waals surface area contributed by atoms with E-state index in [0.29, 0.717) is 25.0 Å². The molecule has 0 bridgehead atoms. The minimum atomic E-state index is -0.265. The van der Waals surface area contributed by atoms with Crippen molar-refractivity contribution in [3.05, 3.63) is 86.8 Å². The summed E-state index contributed by atoms with van der Waals surface area (Å²) in [6.07, 6.45) is 3.27. The second-order valence-corrected chi connectivity index (χ2v) is 8.18. The van der Waals surface area contributed by atoms with Gasteiger partial charge < -0.3 is 10.6 Å². The molecule has 146 valence electrons. The Kier molecular flexibility index (Phi) is 6.13. The predicted octanol–water partition coefficient (Wildman–Crippen LogP) is 4.98. The summed E-state index contributed by atoms with van der Waals surface area (Å²) in [5.41, 5.74) is 0.949. The van der Waals surface area contributed by atoms with Crippen molar-refractivity contribution in [3.63, 3.8) is 0 Å². The second kappa shape index (κ2) is 9.31. The van der Waals surface area contributed by atoms with Crippen molar-refractivity contribution >= 4 is 46.6 Å². The number of aromatic nitrogens is 3. The molecule has 0 spiro atoms. The van der Waals surface area contributed by atoms with Crippen LogP contribution in [0, 0.1) is 0 Å². The first kappa shape index (κ1) is 19.1. The Hall–Kier alpha value is -3.23. The van der Waals surface area contributed by atoms with Gasteiger partial charge in [-0.05, 0) is 34.5 Å². The molecule has 0 aliphatic rings. The molecule has 0 saturated carbocycles. The number of carbonyl (C=O) groups excluding carboxylic acids is 1. The third-order valence-corrected chi connectivity index (χ3v) is 5.79. The maximum Gasteiger partial charge on any atom is 0.274 e. The molecule has 29 heavy (non-hydrogen) atoms. The fourth-order valence-electron chi connectivity index (χ4n) is 2.62. The van der Waals surface area contributed by atoms with Crippen LogP contribution in [0.3, 0.4) is 0 Å². The number of hydrogen-bond donors (Lipinski definition) is 2. The summed E-state index contributed by atoms with van der Waals surface area (Å²) >= 11 is 3.30. The quantitative estimate of drug-likeness (QED) is 0.393. The Balaban J connectivity index is 1.51. The molecular formula is C21H19N5OS2. The smallest absolute Gasteiger partial charge is 0.274 e. The van der Waals surface area contributed by atoms with Crippen LogP contribution < -0.4 is 10.6 Å². The van der Waals surface area contributed by atoms with Gasteiger partial charge in [-0.2, -0.15) is 9.67 Å². The van der Waals surface area contributed by atoms with Crippen LogP contribution in [-0.2, 0) is 13.1 Å². The van der Waals surface area contributed by atoms with Crippen LogP contribution in [0.2, 0.25) is 0 Å². The van der Waals surface area contributed by atoms with Crippen LogP contribution in [0.5, 0.6) is 0 Å². The fraction of sp³-hybridized carbons (Fsp3) is 0.0952. The molecule has 0 saturated heterocycles. The first-order chi connectivity index (χ1) is 14.3. The van der Waals surface area contributed by atoms with Gasteiger partial charge in [0.1, 0.15) is 0 Å². The molecule has 8 heteroatoms. The van der Waals surface area contributed by atoms with Gasteiger partial charge in [0.15, 0.2) is 0 Å². The molecular weight excluding hydrogens is 402 g/mol. The summed E-state index contributed by atoms with van der Waals surface area (Å²) in [5.74, 6) is 0.558. The second-order valence-electron chi connectivity index (χ2n) is 6.12. The molecule has 3 aromatic heterocycles. The Labute approximate surface area is 176 Å². The zero-order chi connectivity index (χ0) is 19.9. The molecule has 0 radical (unpaired) electrons. The van der Waals surface area contributed by atoms with E-state index in [1.54, 1.807) is 28.7 Å². The number of benzene rings is 1. The molecule has 0 amide bonds. The largest absolute Gasteiger partial charge is 0.349 e. The van der Waals surface area contributed by atoms with Crippen LogP contribution in [-0.4, -0.2) is 20.7 Å². The van der Waals surface area contributed by atoms with E-state index in [1.165, 1.54) is 15.6 Å². The number of allylic oxidation sites excluding steroid dienone is 1. The molecule has 0 aliphatic carbocycles. The van der Waals surface area contributed by atoms with Gasteiger partial charge in [0.05, 0.1) is 13.1 Å². The van der Waals surface area contributed by atoms with Crippen molar-refractivity contribution in [1.82, 2.24) is 14.8 Å². The lowest BCUT2D eigenvalue weighted by atomic mass is 10.2. The molecule has 0 unspecified atom stereocenters. The van der Waals surface area contributed by atoms with Gasteiger partial charge in [0.2, 0.25) is 11.9 Å². The van der Waals surface area contributed by atoms with Gasteiger partial charge >= 0.3 is 0 Å². The van der Waals surface area contributed by atoms with E-state index >= 15 is 0 Å². The first-order valence-electron chi connectivity index (χ1n) is 9.05. The number of anilines is 2. The average molecular weight is 422 g/mol. The Bertz CT molecular complexity index is 1070. The van der Waals surface area contributed by atoms with Crippen LogP contribution in [0.25, 0.3) is 6.08 Å². The minimum absolute atomic E-state index is 0.265. The van der Waals surface area contributed by atoms with Crippen LogP contribution >= 0.6 is 22.7 Å². The molecule has 4 rings (SSSR count). The van der Waals surface area contributed by atoms with Gasteiger partial charge in [-0.15, -0.1) is 27.8 Å². The highest BCUT2D eigenvalue weighted by atomic mass is 32.1. The highest BCUT2D eigenvalue weighted by Gasteiger charge is 2.14. The highest BCUT2D eigenvalue weighted by molar-refractivity contribution is 7.10. The SMILES string of the molecule is O=C(C=Cc1ccccc1)n1nc(NCc2cccs2)nc1NCc1cccs1. The van der Waals surface area contributed by atoms with E-state index in [-0.39, 0.29) is 5.91 Å². The summed E-state index contributed by atoms with van der Waals surface area (Å²) in [7, 11) is 0. The maximum atomic E-state index is 12.8.